The first-order chi connectivity index (χ1) is 14.5. The molecule has 0 atom stereocenters. The van der Waals surface area contributed by atoms with Gasteiger partial charge in [0, 0.05) is 24.5 Å². The summed E-state index contributed by atoms with van der Waals surface area (Å²) in [6.45, 7) is 5.78. The van der Waals surface area contributed by atoms with Crippen LogP contribution in [0.2, 0.25) is 0 Å². The minimum absolute atomic E-state index is 0.0413. The molecule has 5 nitrogen and oxygen atoms in total. The van der Waals surface area contributed by atoms with Crippen molar-refractivity contribution in [2.24, 2.45) is 0 Å². The summed E-state index contributed by atoms with van der Waals surface area (Å²) < 4.78 is 0. The summed E-state index contributed by atoms with van der Waals surface area (Å²) in [5.41, 5.74) is 4.58. The number of benzene rings is 2. The summed E-state index contributed by atoms with van der Waals surface area (Å²) in [5, 5.41) is 6.05. The Balaban J connectivity index is 1.38. The highest BCUT2D eigenvalue weighted by atomic mass is 16.2. The zero-order valence-electron chi connectivity index (χ0n) is 18.0. The number of nitrogens with zero attached hydrogens (tertiary/aromatic N) is 1. The summed E-state index contributed by atoms with van der Waals surface area (Å²) >= 11 is 0. The van der Waals surface area contributed by atoms with Gasteiger partial charge in [0.2, 0.25) is 5.91 Å². The first-order valence-corrected chi connectivity index (χ1v) is 11.0. The van der Waals surface area contributed by atoms with Crippen molar-refractivity contribution in [3.05, 3.63) is 59.2 Å². The summed E-state index contributed by atoms with van der Waals surface area (Å²) in [6, 6.07) is 13.8. The highest BCUT2D eigenvalue weighted by Gasteiger charge is 2.51. The average molecular weight is 406 g/mol. The van der Waals surface area contributed by atoms with E-state index in [9.17, 15) is 9.59 Å². The van der Waals surface area contributed by atoms with E-state index < -0.39 is 5.41 Å². The van der Waals surface area contributed by atoms with Gasteiger partial charge in [-0.1, -0.05) is 42.2 Å². The fourth-order valence-corrected chi connectivity index (χ4v) is 4.39. The van der Waals surface area contributed by atoms with Crippen molar-refractivity contribution in [1.29, 1.82) is 0 Å². The number of likely N-dealkylation sites (tertiary alicyclic amines) is 1. The Morgan fingerprint density at radius 2 is 1.33 bits per heavy atom. The molecule has 0 unspecified atom stereocenters. The van der Waals surface area contributed by atoms with Crippen molar-refractivity contribution in [2.75, 3.05) is 23.7 Å². The molecule has 0 radical (unpaired) electrons. The molecule has 3 amide bonds. The van der Waals surface area contributed by atoms with Crippen LogP contribution in [0, 0.1) is 13.8 Å². The van der Waals surface area contributed by atoms with Gasteiger partial charge in [0.1, 0.15) is 0 Å². The second-order valence-electron chi connectivity index (χ2n) is 8.82. The second-order valence-corrected chi connectivity index (χ2v) is 8.82. The number of hydrogen-bond donors (Lipinski definition) is 2. The van der Waals surface area contributed by atoms with Gasteiger partial charge in [-0.2, -0.15) is 0 Å². The fourth-order valence-electron chi connectivity index (χ4n) is 4.39. The normalized spacial score (nSPS) is 17.7. The van der Waals surface area contributed by atoms with Crippen LogP contribution in [0.4, 0.5) is 16.2 Å². The molecule has 2 aliphatic rings. The maximum atomic E-state index is 13.0. The lowest BCUT2D eigenvalue weighted by Gasteiger charge is -2.21. The molecule has 2 fully saturated rings. The van der Waals surface area contributed by atoms with E-state index in [1.54, 1.807) is 0 Å². The molecule has 1 heterocycles. The monoisotopic (exact) mass is 405 g/mol. The molecule has 4 rings (SSSR count). The van der Waals surface area contributed by atoms with Gasteiger partial charge in [0.15, 0.2) is 0 Å². The molecule has 5 heteroatoms. The standard InChI is InChI=1S/C25H31N3O2/c1-18-15-19(2)17-20(16-18)25(11-12-25)23(29)26-21-7-9-22(10-8-21)27-24(30)28-13-5-3-4-6-14-28/h7-10,15-17H,3-6,11-14H2,1-2H3,(H,26,29)(H,27,30). The minimum atomic E-state index is -0.406. The van der Waals surface area contributed by atoms with Crippen LogP contribution in [0.25, 0.3) is 0 Å². The molecular formula is C25H31N3O2. The Labute approximate surface area is 178 Å². The number of amides is 3. The number of aryl methyl sites for hydroxylation is 2. The number of anilines is 2. The number of nitrogens with one attached hydrogen (secondary N) is 2. The Morgan fingerprint density at radius 3 is 1.87 bits per heavy atom. The van der Waals surface area contributed by atoms with E-state index >= 15 is 0 Å². The van der Waals surface area contributed by atoms with Gasteiger partial charge >= 0.3 is 6.03 Å². The van der Waals surface area contributed by atoms with E-state index in [1.807, 2.05) is 29.2 Å². The van der Waals surface area contributed by atoms with Crippen molar-refractivity contribution in [2.45, 2.75) is 57.8 Å². The number of rotatable bonds is 4. The fraction of sp³-hybridized carbons (Fsp3) is 0.440. The molecule has 0 spiro atoms. The highest BCUT2D eigenvalue weighted by Crippen LogP contribution is 2.49. The summed E-state index contributed by atoms with van der Waals surface area (Å²) in [5.74, 6) is 0.0499. The van der Waals surface area contributed by atoms with E-state index in [2.05, 4.69) is 42.7 Å². The van der Waals surface area contributed by atoms with E-state index in [-0.39, 0.29) is 11.9 Å². The van der Waals surface area contributed by atoms with Gasteiger partial charge in [-0.25, -0.2) is 4.79 Å². The Hall–Kier alpha value is -2.82. The van der Waals surface area contributed by atoms with Crippen molar-refractivity contribution in [3.63, 3.8) is 0 Å². The van der Waals surface area contributed by atoms with Crippen molar-refractivity contribution >= 4 is 23.3 Å². The number of carbonyl (C=O) groups is 2. The third-order valence-corrected chi connectivity index (χ3v) is 6.25. The number of carbonyl (C=O) groups excluding carboxylic acids is 2. The predicted octanol–water partition coefficient (Wildman–Crippen LogP) is 5.38. The molecular weight excluding hydrogens is 374 g/mol. The molecule has 0 aromatic heterocycles. The molecule has 2 aromatic rings. The topological polar surface area (TPSA) is 61.4 Å². The van der Waals surface area contributed by atoms with E-state index in [1.165, 1.54) is 24.0 Å². The van der Waals surface area contributed by atoms with Crippen LogP contribution < -0.4 is 10.6 Å². The lowest BCUT2D eigenvalue weighted by molar-refractivity contribution is -0.118. The van der Waals surface area contributed by atoms with Gasteiger partial charge in [-0.3, -0.25) is 4.79 Å². The predicted molar refractivity (Wildman–Crippen MR) is 121 cm³/mol. The average Bonchev–Trinajstić information content (AvgIpc) is 3.54. The quantitative estimate of drug-likeness (QED) is 0.717. The molecule has 1 saturated heterocycles. The third-order valence-electron chi connectivity index (χ3n) is 6.25. The van der Waals surface area contributed by atoms with Crippen molar-refractivity contribution < 1.29 is 9.59 Å². The number of hydrogen-bond acceptors (Lipinski definition) is 2. The van der Waals surface area contributed by atoms with Crippen LogP contribution in [0.5, 0.6) is 0 Å². The molecule has 158 valence electrons. The maximum Gasteiger partial charge on any atom is 0.321 e. The Bertz CT molecular complexity index is 904. The Morgan fingerprint density at radius 1 is 0.800 bits per heavy atom. The van der Waals surface area contributed by atoms with E-state index in [0.29, 0.717) is 0 Å². The van der Waals surface area contributed by atoms with Gasteiger partial charge < -0.3 is 15.5 Å². The molecule has 2 aromatic carbocycles. The second kappa shape index (κ2) is 8.50. The maximum absolute atomic E-state index is 13.0. The van der Waals surface area contributed by atoms with E-state index in [4.69, 9.17) is 0 Å². The summed E-state index contributed by atoms with van der Waals surface area (Å²) in [6.07, 6.45) is 6.29. The van der Waals surface area contributed by atoms with E-state index in [0.717, 1.165) is 55.7 Å². The Kier molecular flexibility index (Phi) is 5.80. The first-order valence-electron chi connectivity index (χ1n) is 11.0. The zero-order chi connectivity index (χ0) is 21.1. The third kappa shape index (κ3) is 4.50. The van der Waals surface area contributed by atoms with Crippen LogP contribution in [0.1, 0.15) is 55.2 Å². The summed E-state index contributed by atoms with van der Waals surface area (Å²) in [4.78, 5) is 27.4. The molecule has 1 aliphatic carbocycles. The lowest BCUT2D eigenvalue weighted by atomic mass is 9.92. The first kappa shape index (κ1) is 20.5. The van der Waals surface area contributed by atoms with Crippen LogP contribution in [0.3, 0.4) is 0 Å². The molecule has 30 heavy (non-hydrogen) atoms. The lowest BCUT2D eigenvalue weighted by Crippen LogP contribution is -2.35. The van der Waals surface area contributed by atoms with Crippen LogP contribution in [0.15, 0.2) is 42.5 Å². The zero-order valence-corrected chi connectivity index (χ0v) is 18.0. The van der Waals surface area contributed by atoms with Gasteiger partial charge in [0.05, 0.1) is 5.41 Å². The molecule has 2 N–H and O–H groups in total. The summed E-state index contributed by atoms with van der Waals surface area (Å²) in [7, 11) is 0. The van der Waals surface area contributed by atoms with Crippen molar-refractivity contribution in [3.8, 4) is 0 Å². The van der Waals surface area contributed by atoms with Gasteiger partial charge in [-0.15, -0.1) is 0 Å². The smallest absolute Gasteiger partial charge is 0.321 e. The molecule has 1 saturated carbocycles. The van der Waals surface area contributed by atoms with Gasteiger partial charge in [0.25, 0.3) is 0 Å². The number of urea groups is 1. The SMILES string of the molecule is Cc1cc(C)cc(C2(C(=O)Nc3ccc(NC(=O)N4CCCCCC4)cc3)CC2)c1. The van der Waals surface area contributed by atoms with Crippen LogP contribution in [-0.4, -0.2) is 29.9 Å². The molecule has 1 aliphatic heterocycles. The molecule has 0 bridgehead atoms. The van der Waals surface area contributed by atoms with Gasteiger partial charge in [-0.05, 0) is 69.4 Å². The van der Waals surface area contributed by atoms with Crippen LogP contribution >= 0.6 is 0 Å². The highest BCUT2D eigenvalue weighted by molar-refractivity contribution is 6.01. The largest absolute Gasteiger partial charge is 0.325 e. The van der Waals surface area contributed by atoms with Crippen molar-refractivity contribution in [1.82, 2.24) is 4.90 Å². The minimum Gasteiger partial charge on any atom is -0.325 e. The van der Waals surface area contributed by atoms with Crippen LogP contribution in [-0.2, 0) is 10.2 Å².